The van der Waals surface area contributed by atoms with Gasteiger partial charge in [0.05, 0.1) is 12.2 Å². The SMILES string of the molecule is Nc1ccnc(Cn2cc(Br)ccc2=O)c1. The molecule has 0 atom stereocenters. The monoisotopic (exact) mass is 279 g/mol. The Morgan fingerprint density at radius 1 is 1.38 bits per heavy atom. The summed E-state index contributed by atoms with van der Waals surface area (Å²) < 4.78 is 2.43. The number of pyridine rings is 2. The molecule has 0 aliphatic carbocycles. The first-order valence-electron chi connectivity index (χ1n) is 4.71. The van der Waals surface area contributed by atoms with Gasteiger partial charge in [0.15, 0.2) is 0 Å². The summed E-state index contributed by atoms with van der Waals surface area (Å²) in [6, 6.07) is 6.70. The summed E-state index contributed by atoms with van der Waals surface area (Å²) in [4.78, 5) is 15.7. The molecular weight excluding hydrogens is 270 g/mol. The van der Waals surface area contributed by atoms with E-state index in [9.17, 15) is 4.79 Å². The van der Waals surface area contributed by atoms with Crippen molar-refractivity contribution in [3.63, 3.8) is 0 Å². The fourth-order valence-electron chi connectivity index (χ4n) is 1.38. The molecule has 2 N–H and O–H groups in total. The third kappa shape index (κ3) is 2.49. The zero-order valence-electron chi connectivity index (χ0n) is 8.43. The van der Waals surface area contributed by atoms with Gasteiger partial charge < -0.3 is 10.3 Å². The first-order valence-corrected chi connectivity index (χ1v) is 5.51. The van der Waals surface area contributed by atoms with Gasteiger partial charge in [0.2, 0.25) is 0 Å². The van der Waals surface area contributed by atoms with Gasteiger partial charge >= 0.3 is 0 Å². The highest BCUT2D eigenvalue weighted by atomic mass is 79.9. The number of nitrogens with two attached hydrogens (primary N) is 1. The lowest BCUT2D eigenvalue weighted by Gasteiger charge is -2.05. The Hall–Kier alpha value is -1.62. The van der Waals surface area contributed by atoms with E-state index < -0.39 is 0 Å². The lowest BCUT2D eigenvalue weighted by molar-refractivity contribution is 0.737. The molecule has 0 amide bonds. The van der Waals surface area contributed by atoms with Crippen molar-refractivity contribution in [2.24, 2.45) is 0 Å². The van der Waals surface area contributed by atoms with E-state index in [-0.39, 0.29) is 5.56 Å². The number of halogens is 1. The van der Waals surface area contributed by atoms with Gasteiger partial charge in [-0.15, -0.1) is 0 Å². The summed E-state index contributed by atoms with van der Waals surface area (Å²) in [6.07, 6.45) is 3.36. The molecule has 0 radical (unpaired) electrons. The van der Waals surface area contributed by atoms with E-state index in [0.29, 0.717) is 12.2 Å². The first-order chi connectivity index (χ1) is 7.65. The van der Waals surface area contributed by atoms with Crippen LogP contribution in [0.2, 0.25) is 0 Å². The summed E-state index contributed by atoms with van der Waals surface area (Å²) in [5, 5.41) is 0. The van der Waals surface area contributed by atoms with E-state index in [1.54, 1.807) is 35.2 Å². The standard InChI is InChI=1S/C11H10BrN3O/c12-8-1-2-11(16)15(6-8)7-10-5-9(13)3-4-14-10/h1-6H,7H2,(H2,13,14). The normalized spacial score (nSPS) is 10.3. The lowest BCUT2D eigenvalue weighted by atomic mass is 10.3. The second-order valence-corrected chi connectivity index (χ2v) is 4.31. The topological polar surface area (TPSA) is 60.9 Å². The molecule has 2 aromatic rings. The van der Waals surface area contributed by atoms with E-state index in [4.69, 9.17) is 5.73 Å². The minimum absolute atomic E-state index is 0.0626. The Balaban J connectivity index is 2.34. The molecule has 0 aliphatic rings. The molecule has 2 rings (SSSR count). The maximum absolute atomic E-state index is 11.5. The Kier molecular flexibility index (Phi) is 3.05. The van der Waals surface area contributed by atoms with E-state index >= 15 is 0 Å². The minimum Gasteiger partial charge on any atom is -0.399 e. The van der Waals surface area contributed by atoms with Gasteiger partial charge in [-0.25, -0.2) is 0 Å². The van der Waals surface area contributed by atoms with Crippen LogP contribution >= 0.6 is 15.9 Å². The van der Waals surface area contributed by atoms with Gasteiger partial charge in [0, 0.05) is 28.6 Å². The van der Waals surface area contributed by atoms with Crippen molar-refractivity contribution in [2.75, 3.05) is 5.73 Å². The summed E-state index contributed by atoms with van der Waals surface area (Å²) in [7, 11) is 0. The minimum atomic E-state index is -0.0626. The number of rotatable bonds is 2. The fraction of sp³-hybridized carbons (Fsp3) is 0.0909. The van der Waals surface area contributed by atoms with E-state index in [0.717, 1.165) is 10.2 Å². The van der Waals surface area contributed by atoms with Crippen LogP contribution in [0, 0.1) is 0 Å². The van der Waals surface area contributed by atoms with Crippen LogP contribution in [0.25, 0.3) is 0 Å². The predicted octanol–water partition coefficient (Wildman–Crippen LogP) is 1.64. The first kappa shape index (κ1) is 10.9. The average Bonchev–Trinajstić information content (AvgIpc) is 2.24. The summed E-state index contributed by atoms with van der Waals surface area (Å²) in [5.74, 6) is 0. The van der Waals surface area contributed by atoms with Crippen LogP contribution in [0.3, 0.4) is 0 Å². The number of hydrogen-bond acceptors (Lipinski definition) is 3. The summed E-state index contributed by atoms with van der Waals surface area (Å²) in [5.41, 5.74) is 6.99. The van der Waals surface area contributed by atoms with Gasteiger partial charge in [0.25, 0.3) is 5.56 Å². The second kappa shape index (κ2) is 4.49. The van der Waals surface area contributed by atoms with Gasteiger partial charge in [-0.3, -0.25) is 9.78 Å². The Labute approximate surface area is 101 Å². The van der Waals surface area contributed by atoms with Crippen molar-refractivity contribution in [1.82, 2.24) is 9.55 Å². The predicted molar refractivity (Wildman–Crippen MR) is 66.2 cm³/mol. The van der Waals surface area contributed by atoms with Crippen molar-refractivity contribution in [1.29, 1.82) is 0 Å². The van der Waals surface area contributed by atoms with E-state index in [2.05, 4.69) is 20.9 Å². The third-order valence-electron chi connectivity index (χ3n) is 2.12. The maximum atomic E-state index is 11.5. The Bertz CT molecular complexity index is 565. The van der Waals surface area contributed by atoms with Crippen LogP contribution in [0.1, 0.15) is 5.69 Å². The molecule has 82 valence electrons. The molecule has 0 fully saturated rings. The largest absolute Gasteiger partial charge is 0.399 e. The van der Waals surface area contributed by atoms with Crippen molar-refractivity contribution < 1.29 is 0 Å². The molecule has 0 saturated heterocycles. The molecular formula is C11H10BrN3O. The van der Waals surface area contributed by atoms with Crippen LogP contribution < -0.4 is 11.3 Å². The Morgan fingerprint density at radius 2 is 2.19 bits per heavy atom. The zero-order chi connectivity index (χ0) is 11.5. The highest BCUT2D eigenvalue weighted by molar-refractivity contribution is 9.10. The van der Waals surface area contributed by atoms with Crippen LogP contribution in [0.5, 0.6) is 0 Å². The molecule has 0 bridgehead atoms. The van der Waals surface area contributed by atoms with Gasteiger partial charge in [0.1, 0.15) is 0 Å². The van der Waals surface area contributed by atoms with Crippen molar-refractivity contribution in [3.05, 3.63) is 57.2 Å². The van der Waals surface area contributed by atoms with Crippen LogP contribution in [0.15, 0.2) is 45.9 Å². The Morgan fingerprint density at radius 3 is 2.94 bits per heavy atom. The number of nitrogens with zero attached hydrogens (tertiary/aromatic N) is 2. The molecule has 4 nitrogen and oxygen atoms in total. The molecule has 16 heavy (non-hydrogen) atoms. The number of nitrogen functional groups attached to an aromatic ring is 1. The lowest BCUT2D eigenvalue weighted by Crippen LogP contribution is -2.19. The molecule has 0 spiro atoms. The molecule has 2 heterocycles. The van der Waals surface area contributed by atoms with E-state index in [1.165, 1.54) is 6.07 Å². The van der Waals surface area contributed by atoms with Crippen LogP contribution in [0.4, 0.5) is 5.69 Å². The molecule has 0 unspecified atom stereocenters. The van der Waals surface area contributed by atoms with Crippen molar-refractivity contribution in [3.8, 4) is 0 Å². The smallest absolute Gasteiger partial charge is 0.250 e. The van der Waals surface area contributed by atoms with Gasteiger partial charge in [-0.05, 0) is 34.1 Å². The molecule has 0 aromatic carbocycles. The average molecular weight is 280 g/mol. The second-order valence-electron chi connectivity index (χ2n) is 3.39. The van der Waals surface area contributed by atoms with Gasteiger partial charge in [-0.2, -0.15) is 0 Å². The molecule has 2 aromatic heterocycles. The van der Waals surface area contributed by atoms with Crippen LogP contribution in [-0.2, 0) is 6.54 Å². The van der Waals surface area contributed by atoms with Gasteiger partial charge in [-0.1, -0.05) is 0 Å². The summed E-state index contributed by atoms with van der Waals surface area (Å²) >= 11 is 3.32. The summed E-state index contributed by atoms with van der Waals surface area (Å²) in [6.45, 7) is 0.420. The number of aromatic nitrogens is 2. The molecule has 0 aliphatic heterocycles. The van der Waals surface area contributed by atoms with E-state index in [1.807, 2.05) is 0 Å². The highest BCUT2D eigenvalue weighted by Crippen LogP contribution is 2.07. The zero-order valence-corrected chi connectivity index (χ0v) is 10.0. The quantitative estimate of drug-likeness (QED) is 0.909. The fourth-order valence-corrected chi connectivity index (χ4v) is 1.76. The number of anilines is 1. The highest BCUT2D eigenvalue weighted by Gasteiger charge is 2.00. The molecule has 5 heteroatoms. The third-order valence-corrected chi connectivity index (χ3v) is 2.59. The van der Waals surface area contributed by atoms with Crippen LogP contribution in [-0.4, -0.2) is 9.55 Å². The maximum Gasteiger partial charge on any atom is 0.250 e. The van der Waals surface area contributed by atoms with Crippen molar-refractivity contribution >= 4 is 21.6 Å². The number of hydrogen-bond donors (Lipinski definition) is 1. The van der Waals surface area contributed by atoms with Crippen molar-refractivity contribution in [2.45, 2.75) is 6.54 Å². The molecule has 0 saturated carbocycles.